The highest BCUT2D eigenvalue weighted by molar-refractivity contribution is 5.85. The van der Waals surface area contributed by atoms with E-state index >= 15 is 0 Å². The number of rotatable bonds is 5. The average molecular weight is 416 g/mol. The van der Waals surface area contributed by atoms with E-state index in [0.29, 0.717) is 11.6 Å². The van der Waals surface area contributed by atoms with Gasteiger partial charge in [-0.05, 0) is 49.0 Å². The van der Waals surface area contributed by atoms with Crippen LogP contribution in [0.2, 0.25) is 0 Å². The van der Waals surface area contributed by atoms with Gasteiger partial charge in [-0.25, -0.2) is 0 Å². The van der Waals surface area contributed by atoms with E-state index in [1.54, 1.807) is 12.1 Å². The zero-order valence-corrected chi connectivity index (χ0v) is 17.3. The molecule has 1 amide bonds. The topological polar surface area (TPSA) is 66.7 Å². The third-order valence-corrected chi connectivity index (χ3v) is 6.06. The van der Waals surface area contributed by atoms with Crippen LogP contribution in [0, 0.1) is 10.1 Å². The number of nitro groups is 1. The first-order valence-corrected chi connectivity index (χ1v) is 9.85. The van der Waals surface area contributed by atoms with Gasteiger partial charge in [0.2, 0.25) is 5.91 Å². The summed E-state index contributed by atoms with van der Waals surface area (Å²) in [5.74, 6) is -0.00796. The van der Waals surface area contributed by atoms with Gasteiger partial charge in [0.1, 0.15) is 0 Å². The van der Waals surface area contributed by atoms with Gasteiger partial charge in [0.25, 0.3) is 5.69 Å². The standard InChI is InChI=1S/C22H25N3O3.ClH/c1-23(21(26)14-16-7-6-9-18(13-16)25(27)28)22-19-10-3-2-8-17(19)15-20(22)24-11-4-5-12-24;/h2-3,6-10,13,20,22H,4-5,11-12,14-15H2,1H3;1H/t20-,22-;/m1./s1. The van der Waals surface area contributed by atoms with E-state index in [2.05, 4.69) is 23.1 Å². The first-order chi connectivity index (χ1) is 13.5. The molecule has 0 N–H and O–H groups in total. The second-order valence-corrected chi connectivity index (χ2v) is 7.77. The maximum absolute atomic E-state index is 13.1. The van der Waals surface area contributed by atoms with E-state index in [9.17, 15) is 14.9 Å². The summed E-state index contributed by atoms with van der Waals surface area (Å²) < 4.78 is 0. The molecule has 1 saturated heterocycles. The van der Waals surface area contributed by atoms with Crippen molar-refractivity contribution in [3.63, 3.8) is 0 Å². The molecule has 6 nitrogen and oxygen atoms in total. The minimum Gasteiger partial charge on any atom is -0.337 e. The van der Waals surface area contributed by atoms with E-state index in [4.69, 9.17) is 0 Å². The number of carbonyl (C=O) groups is 1. The highest BCUT2D eigenvalue weighted by Gasteiger charge is 2.40. The highest BCUT2D eigenvalue weighted by Crippen LogP contribution is 2.39. The smallest absolute Gasteiger partial charge is 0.269 e. The summed E-state index contributed by atoms with van der Waals surface area (Å²) in [4.78, 5) is 28.1. The summed E-state index contributed by atoms with van der Waals surface area (Å²) in [5, 5.41) is 11.0. The van der Waals surface area contributed by atoms with Crippen molar-refractivity contribution in [1.82, 2.24) is 9.80 Å². The van der Waals surface area contributed by atoms with Crippen molar-refractivity contribution in [2.45, 2.75) is 37.8 Å². The molecule has 1 aliphatic heterocycles. The van der Waals surface area contributed by atoms with Crippen LogP contribution in [-0.2, 0) is 17.6 Å². The molecule has 0 unspecified atom stereocenters. The molecule has 2 aliphatic rings. The zero-order chi connectivity index (χ0) is 19.7. The number of non-ortho nitro benzene ring substituents is 1. The number of hydrogen-bond donors (Lipinski definition) is 0. The summed E-state index contributed by atoms with van der Waals surface area (Å²) >= 11 is 0. The molecule has 2 aromatic rings. The molecule has 0 radical (unpaired) electrons. The van der Waals surface area contributed by atoms with Gasteiger partial charge in [-0.1, -0.05) is 36.4 Å². The molecule has 7 heteroatoms. The fourth-order valence-electron chi connectivity index (χ4n) is 4.66. The normalized spacial score (nSPS) is 20.7. The first kappa shape index (κ1) is 21.3. The number of amides is 1. The summed E-state index contributed by atoms with van der Waals surface area (Å²) in [6.45, 7) is 2.17. The number of benzene rings is 2. The van der Waals surface area contributed by atoms with E-state index in [-0.39, 0.29) is 36.5 Å². The van der Waals surface area contributed by atoms with Crippen molar-refractivity contribution in [3.8, 4) is 0 Å². The summed E-state index contributed by atoms with van der Waals surface area (Å²) in [7, 11) is 1.87. The van der Waals surface area contributed by atoms with Crippen molar-refractivity contribution >= 4 is 24.0 Å². The Labute approximate surface area is 177 Å². The number of fused-ring (bicyclic) bond motifs is 1. The lowest BCUT2D eigenvalue weighted by atomic mass is 10.0. The van der Waals surface area contributed by atoms with E-state index in [0.717, 1.165) is 19.5 Å². The van der Waals surface area contributed by atoms with Gasteiger partial charge in [-0.2, -0.15) is 0 Å². The molecular formula is C22H26ClN3O3. The molecule has 1 heterocycles. The number of nitro benzene ring substituents is 1. The Morgan fingerprint density at radius 2 is 1.90 bits per heavy atom. The van der Waals surface area contributed by atoms with Crippen molar-refractivity contribution in [1.29, 1.82) is 0 Å². The molecule has 0 spiro atoms. The van der Waals surface area contributed by atoms with Crippen molar-refractivity contribution in [3.05, 3.63) is 75.3 Å². The predicted molar refractivity (Wildman–Crippen MR) is 114 cm³/mol. The SMILES string of the molecule is CN(C(=O)Cc1cccc([N+](=O)[O-])c1)[C@@H]1c2ccccc2C[C@H]1N1CCCC1.Cl. The molecule has 4 rings (SSSR count). The zero-order valence-electron chi connectivity index (χ0n) is 16.5. The van der Waals surface area contributed by atoms with Crippen LogP contribution < -0.4 is 0 Å². The van der Waals surface area contributed by atoms with Crippen LogP contribution in [0.25, 0.3) is 0 Å². The largest absolute Gasteiger partial charge is 0.337 e. The first-order valence-electron chi connectivity index (χ1n) is 9.85. The Kier molecular flexibility index (Phi) is 6.55. The molecule has 154 valence electrons. The van der Waals surface area contributed by atoms with Crippen molar-refractivity contribution < 1.29 is 9.72 Å². The third-order valence-electron chi connectivity index (χ3n) is 6.06. The molecule has 1 aliphatic carbocycles. The van der Waals surface area contributed by atoms with Gasteiger partial charge in [-0.15, -0.1) is 12.4 Å². The lowest BCUT2D eigenvalue weighted by Crippen LogP contribution is -2.44. The average Bonchev–Trinajstić information content (AvgIpc) is 3.35. The summed E-state index contributed by atoms with van der Waals surface area (Å²) in [5.41, 5.74) is 3.25. The van der Waals surface area contributed by atoms with Crippen LogP contribution in [-0.4, -0.2) is 46.8 Å². The lowest BCUT2D eigenvalue weighted by Gasteiger charge is -2.35. The van der Waals surface area contributed by atoms with E-state index in [1.165, 1.54) is 36.1 Å². The molecule has 2 atom stereocenters. The highest BCUT2D eigenvalue weighted by atomic mass is 35.5. The van der Waals surface area contributed by atoms with Crippen LogP contribution in [0.4, 0.5) is 5.69 Å². The minimum absolute atomic E-state index is 0. The number of hydrogen-bond acceptors (Lipinski definition) is 4. The number of likely N-dealkylation sites (N-methyl/N-ethyl adjacent to an activating group) is 1. The molecule has 1 fully saturated rings. The Hall–Kier alpha value is -2.44. The Bertz CT molecular complexity index is 898. The van der Waals surface area contributed by atoms with Gasteiger partial charge in [0.15, 0.2) is 0 Å². The number of carbonyl (C=O) groups excluding carboxylic acids is 1. The maximum atomic E-state index is 13.1. The van der Waals surface area contributed by atoms with Crippen LogP contribution in [0.15, 0.2) is 48.5 Å². The predicted octanol–water partition coefficient (Wildman–Crippen LogP) is 3.78. The lowest BCUT2D eigenvalue weighted by molar-refractivity contribution is -0.384. The molecule has 0 saturated carbocycles. The second kappa shape index (κ2) is 8.93. The number of likely N-dealkylation sites (tertiary alicyclic amines) is 1. The maximum Gasteiger partial charge on any atom is 0.269 e. The monoisotopic (exact) mass is 415 g/mol. The summed E-state index contributed by atoms with van der Waals surface area (Å²) in [6, 6.07) is 15.1. The fraction of sp³-hybridized carbons (Fsp3) is 0.409. The minimum atomic E-state index is -0.422. The summed E-state index contributed by atoms with van der Waals surface area (Å²) in [6.07, 6.45) is 3.56. The van der Waals surface area contributed by atoms with Gasteiger partial charge < -0.3 is 4.90 Å². The molecular weight excluding hydrogens is 390 g/mol. The molecule has 29 heavy (non-hydrogen) atoms. The molecule has 0 aromatic heterocycles. The van der Waals surface area contributed by atoms with Gasteiger partial charge >= 0.3 is 0 Å². The Balaban J connectivity index is 0.00000240. The molecule has 2 aromatic carbocycles. The van der Waals surface area contributed by atoms with E-state index in [1.807, 2.05) is 18.0 Å². The van der Waals surface area contributed by atoms with Crippen LogP contribution in [0.1, 0.15) is 35.6 Å². The number of halogens is 1. The van der Waals surface area contributed by atoms with Crippen LogP contribution in [0.5, 0.6) is 0 Å². The second-order valence-electron chi connectivity index (χ2n) is 7.77. The van der Waals surface area contributed by atoms with Crippen molar-refractivity contribution in [2.75, 3.05) is 20.1 Å². The Morgan fingerprint density at radius 3 is 2.62 bits per heavy atom. The fourth-order valence-corrected chi connectivity index (χ4v) is 4.66. The van der Waals surface area contributed by atoms with Crippen LogP contribution in [0.3, 0.4) is 0 Å². The van der Waals surface area contributed by atoms with Crippen molar-refractivity contribution in [2.24, 2.45) is 0 Å². The quantitative estimate of drug-likeness (QED) is 0.550. The van der Waals surface area contributed by atoms with Gasteiger partial charge in [-0.3, -0.25) is 19.8 Å². The van der Waals surface area contributed by atoms with Gasteiger partial charge in [0.05, 0.1) is 17.4 Å². The van der Waals surface area contributed by atoms with Gasteiger partial charge in [0, 0.05) is 25.2 Å². The van der Waals surface area contributed by atoms with Crippen LogP contribution >= 0.6 is 12.4 Å². The molecule has 0 bridgehead atoms. The Morgan fingerprint density at radius 1 is 1.17 bits per heavy atom. The third kappa shape index (κ3) is 4.28. The number of nitrogens with zero attached hydrogens (tertiary/aromatic N) is 3. The van der Waals surface area contributed by atoms with E-state index < -0.39 is 4.92 Å².